The van der Waals surface area contributed by atoms with Gasteiger partial charge in [-0.15, -0.1) is 11.3 Å². The van der Waals surface area contributed by atoms with Crippen molar-refractivity contribution < 1.29 is 36.2 Å². The monoisotopic (exact) mass is 451 g/mol. The lowest BCUT2D eigenvalue weighted by Gasteiger charge is -2.25. The third-order valence-electron chi connectivity index (χ3n) is 4.23. The summed E-state index contributed by atoms with van der Waals surface area (Å²) in [5, 5.41) is 3.44. The van der Waals surface area contributed by atoms with E-state index in [4.69, 9.17) is 4.74 Å². The molecule has 30 heavy (non-hydrogen) atoms. The maximum atomic E-state index is 13.9. The van der Waals surface area contributed by atoms with Crippen LogP contribution in [0.4, 0.5) is 27.8 Å². The van der Waals surface area contributed by atoms with E-state index in [1.165, 1.54) is 0 Å². The van der Waals surface area contributed by atoms with Crippen molar-refractivity contribution in [2.45, 2.75) is 19.9 Å². The normalized spacial score (nSPS) is 14.7. The Kier molecular flexibility index (Phi) is 7.21. The van der Waals surface area contributed by atoms with E-state index in [-0.39, 0.29) is 10.7 Å². The number of ether oxygens (including phenoxy) is 2. The fourth-order valence-corrected chi connectivity index (χ4v) is 3.66. The number of hydrogen-bond acceptors (Lipinski definition) is 7. The molecule has 0 spiro atoms. The van der Waals surface area contributed by atoms with Crippen LogP contribution >= 0.6 is 11.3 Å². The minimum atomic E-state index is -2.33. The number of esters is 1. The maximum Gasteiger partial charge on any atom is 0.357 e. The highest BCUT2D eigenvalue weighted by Gasteiger charge is 2.30. The highest BCUT2D eigenvalue weighted by Crippen LogP contribution is 2.32. The van der Waals surface area contributed by atoms with E-state index >= 15 is 0 Å². The number of anilines is 1. The molecule has 1 aliphatic rings. The Bertz CT molecular complexity index is 905. The number of nitrogens with zero attached hydrogens (tertiary/aromatic N) is 2. The average Bonchev–Trinajstić information content (AvgIpc) is 3.15. The Morgan fingerprint density at radius 2 is 1.70 bits per heavy atom. The van der Waals surface area contributed by atoms with Crippen molar-refractivity contribution in [3.05, 3.63) is 39.0 Å². The first-order valence-corrected chi connectivity index (χ1v) is 9.92. The zero-order valence-corrected chi connectivity index (χ0v) is 16.7. The van der Waals surface area contributed by atoms with E-state index < -0.39 is 40.8 Å². The van der Waals surface area contributed by atoms with Crippen LogP contribution in [0.1, 0.15) is 28.0 Å². The summed E-state index contributed by atoms with van der Waals surface area (Å²) in [6, 6.07) is 0. The molecule has 0 aliphatic carbocycles. The quantitative estimate of drug-likeness (QED) is 0.228. The second-order valence-corrected chi connectivity index (χ2v) is 7.47. The second-order valence-electron chi connectivity index (χ2n) is 6.39. The highest BCUT2D eigenvalue weighted by molar-refractivity contribution is 7.14. The first-order chi connectivity index (χ1) is 14.3. The number of carbonyl (C=O) groups is 1. The first kappa shape index (κ1) is 22.4. The molecule has 3 rings (SSSR count). The number of rotatable bonds is 7. The SMILES string of the molecule is CCCNc1nc(CN2CCOCC2)sc1C(=O)Oc1c(F)c(F)c(F)c(F)c1F. The van der Waals surface area contributed by atoms with Crippen LogP contribution in [0.15, 0.2) is 0 Å². The lowest BCUT2D eigenvalue weighted by molar-refractivity contribution is 0.0342. The molecule has 1 saturated heterocycles. The molecule has 1 fully saturated rings. The molecule has 0 bridgehead atoms. The van der Waals surface area contributed by atoms with Gasteiger partial charge < -0.3 is 14.8 Å². The molecule has 12 heteroatoms. The minimum absolute atomic E-state index is 0.124. The van der Waals surface area contributed by atoms with Gasteiger partial charge in [-0.3, -0.25) is 4.90 Å². The number of aromatic nitrogens is 1. The van der Waals surface area contributed by atoms with Gasteiger partial charge >= 0.3 is 5.97 Å². The van der Waals surface area contributed by atoms with E-state index in [0.717, 1.165) is 11.3 Å². The zero-order valence-electron chi connectivity index (χ0n) is 15.9. The Morgan fingerprint density at radius 1 is 1.10 bits per heavy atom. The summed E-state index contributed by atoms with van der Waals surface area (Å²) < 4.78 is 77.5. The third kappa shape index (κ3) is 4.71. The standard InChI is InChI=1S/C18H18F5N3O3S/c1-2-3-24-17-16(30-9(25-17)8-26-4-6-28-7-5-26)18(27)29-15-13(22)11(20)10(19)12(21)14(15)23/h24H,2-8H2,1H3. The number of hydrogen-bond donors (Lipinski definition) is 1. The van der Waals surface area contributed by atoms with Crippen LogP contribution in [-0.4, -0.2) is 48.7 Å². The molecule has 0 saturated carbocycles. The number of morpholine rings is 1. The van der Waals surface area contributed by atoms with Crippen LogP contribution in [0.2, 0.25) is 0 Å². The predicted molar refractivity (Wildman–Crippen MR) is 98.2 cm³/mol. The van der Waals surface area contributed by atoms with Crippen LogP contribution in [0.3, 0.4) is 0 Å². The maximum absolute atomic E-state index is 13.9. The van der Waals surface area contributed by atoms with E-state index in [2.05, 4.69) is 15.0 Å². The number of nitrogens with one attached hydrogen (secondary N) is 1. The molecule has 0 amide bonds. The summed E-state index contributed by atoms with van der Waals surface area (Å²) in [6.45, 7) is 5.18. The van der Waals surface area contributed by atoms with Crippen molar-refractivity contribution in [3.8, 4) is 5.75 Å². The zero-order chi connectivity index (χ0) is 21.8. The van der Waals surface area contributed by atoms with Crippen LogP contribution in [0.5, 0.6) is 5.75 Å². The molecule has 1 aliphatic heterocycles. The van der Waals surface area contributed by atoms with Gasteiger partial charge in [0, 0.05) is 19.6 Å². The topological polar surface area (TPSA) is 63.7 Å². The third-order valence-corrected chi connectivity index (χ3v) is 5.25. The van der Waals surface area contributed by atoms with Crippen molar-refractivity contribution >= 4 is 23.1 Å². The lowest BCUT2D eigenvalue weighted by atomic mass is 10.2. The molecule has 0 unspecified atom stereocenters. The molecule has 1 aromatic heterocycles. The van der Waals surface area contributed by atoms with Crippen molar-refractivity contribution in [1.29, 1.82) is 0 Å². The number of carbonyl (C=O) groups excluding carboxylic acids is 1. The predicted octanol–water partition coefficient (Wildman–Crippen LogP) is 3.71. The van der Waals surface area contributed by atoms with Crippen LogP contribution < -0.4 is 10.1 Å². The van der Waals surface area contributed by atoms with Crippen molar-refractivity contribution in [3.63, 3.8) is 0 Å². The Morgan fingerprint density at radius 3 is 2.30 bits per heavy atom. The smallest absolute Gasteiger partial charge is 0.357 e. The average molecular weight is 451 g/mol. The first-order valence-electron chi connectivity index (χ1n) is 9.10. The lowest BCUT2D eigenvalue weighted by Crippen LogP contribution is -2.35. The molecule has 0 atom stereocenters. The molecule has 2 heterocycles. The molecule has 164 valence electrons. The summed E-state index contributed by atoms with van der Waals surface area (Å²) in [5.41, 5.74) is 0. The van der Waals surface area contributed by atoms with Gasteiger partial charge in [-0.1, -0.05) is 6.92 Å². The van der Waals surface area contributed by atoms with E-state index in [9.17, 15) is 26.7 Å². The molecule has 6 nitrogen and oxygen atoms in total. The van der Waals surface area contributed by atoms with E-state index in [1.54, 1.807) is 0 Å². The van der Waals surface area contributed by atoms with Gasteiger partial charge in [0.1, 0.15) is 5.01 Å². The fourth-order valence-electron chi connectivity index (χ4n) is 2.70. The Balaban J connectivity index is 1.87. The largest absolute Gasteiger partial charge is 0.416 e. The van der Waals surface area contributed by atoms with Crippen LogP contribution in [0, 0.1) is 29.1 Å². The Labute approximate surface area is 172 Å². The molecular weight excluding hydrogens is 433 g/mol. The van der Waals surface area contributed by atoms with Gasteiger partial charge in [-0.05, 0) is 6.42 Å². The number of benzene rings is 1. The van der Waals surface area contributed by atoms with Gasteiger partial charge in [-0.25, -0.2) is 22.9 Å². The Hall–Kier alpha value is -2.31. The summed E-state index contributed by atoms with van der Waals surface area (Å²) in [7, 11) is 0. The summed E-state index contributed by atoms with van der Waals surface area (Å²) in [4.78, 5) is 18.8. The van der Waals surface area contributed by atoms with Gasteiger partial charge in [0.15, 0.2) is 10.7 Å². The minimum Gasteiger partial charge on any atom is -0.416 e. The van der Waals surface area contributed by atoms with Gasteiger partial charge in [0.2, 0.25) is 34.8 Å². The van der Waals surface area contributed by atoms with Gasteiger partial charge in [-0.2, -0.15) is 8.78 Å². The number of halogens is 5. The van der Waals surface area contributed by atoms with Crippen molar-refractivity contribution in [1.82, 2.24) is 9.88 Å². The summed E-state index contributed by atoms with van der Waals surface area (Å²) >= 11 is 0.917. The van der Waals surface area contributed by atoms with Crippen molar-refractivity contribution in [2.24, 2.45) is 0 Å². The molecule has 1 N–H and O–H groups in total. The molecule has 0 radical (unpaired) electrons. The molecule has 1 aromatic carbocycles. The fraction of sp³-hybridized carbons (Fsp3) is 0.444. The second kappa shape index (κ2) is 9.67. The van der Waals surface area contributed by atoms with Gasteiger partial charge in [0.05, 0.1) is 19.8 Å². The van der Waals surface area contributed by atoms with Crippen LogP contribution in [0.25, 0.3) is 0 Å². The summed E-state index contributed by atoms with van der Waals surface area (Å²) in [6.07, 6.45) is 0.697. The highest BCUT2D eigenvalue weighted by atomic mass is 32.1. The van der Waals surface area contributed by atoms with E-state index in [1.807, 2.05) is 11.8 Å². The van der Waals surface area contributed by atoms with E-state index in [0.29, 0.717) is 50.8 Å². The summed E-state index contributed by atoms with van der Waals surface area (Å²) in [5.74, 6) is -14.0. The molecular formula is C18H18F5N3O3S. The van der Waals surface area contributed by atoms with Gasteiger partial charge in [0.25, 0.3) is 0 Å². The van der Waals surface area contributed by atoms with Crippen LogP contribution in [-0.2, 0) is 11.3 Å². The molecule has 2 aromatic rings. The number of thiazole rings is 1. The van der Waals surface area contributed by atoms with Crippen molar-refractivity contribution in [2.75, 3.05) is 38.2 Å².